The zero-order valence-corrected chi connectivity index (χ0v) is 16.3. The van der Waals surface area contributed by atoms with Crippen molar-refractivity contribution < 1.29 is 9.53 Å². The number of nitrogens with zero attached hydrogens (tertiary/aromatic N) is 3. The largest absolute Gasteiger partial charge is 0.462 e. The fourth-order valence-corrected chi connectivity index (χ4v) is 4.31. The Hall–Kier alpha value is -2.31. The molecule has 2 atom stereocenters. The number of cyclic esters (lactones) is 1. The van der Waals surface area contributed by atoms with E-state index in [-0.39, 0.29) is 17.3 Å². The van der Waals surface area contributed by atoms with E-state index in [1.165, 1.54) is 11.8 Å². The quantitative estimate of drug-likeness (QED) is 0.593. The second-order valence-corrected chi connectivity index (χ2v) is 8.08. The summed E-state index contributed by atoms with van der Waals surface area (Å²) in [5, 5.41) is 9.89. The molecule has 7 heteroatoms. The van der Waals surface area contributed by atoms with E-state index in [9.17, 15) is 4.79 Å². The lowest BCUT2D eigenvalue weighted by molar-refractivity contribution is -0.140. The number of aromatic nitrogens is 3. The van der Waals surface area contributed by atoms with Gasteiger partial charge in [0.15, 0.2) is 11.0 Å². The van der Waals surface area contributed by atoms with Crippen LogP contribution in [0.2, 0.25) is 5.02 Å². The van der Waals surface area contributed by atoms with E-state index in [2.05, 4.69) is 22.3 Å². The predicted molar refractivity (Wildman–Crippen MR) is 106 cm³/mol. The number of esters is 1. The highest BCUT2D eigenvalue weighted by molar-refractivity contribution is 8.00. The van der Waals surface area contributed by atoms with Gasteiger partial charge in [-0.2, -0.15) is 0 Å². The summed E-state index contributed by atoms with van der Waals surface area (Å²) >= 11 is 7.43. The van der Waals surface area contributed by atoms with Crippen molar-refractivity contribution in [3.05, 3.63) is 65.2 Å². The van der Waals surface area contributed by atoms with Gasteiger partial charge >= 0.3 is 5.97 Å². The maximum atomic E-state index is 12.1. The Balaban J connectivity index is 1.70. The van der Waals surface area contributed by atoms with E-state index in [1.54, 1.807) is 0 Å². The van der Waals surface area contributed by atoms with E-state index in [4.69, 9.17) is 16.3 Å². The number of carbonyl (C=O) groups excluding carboxylic acids is 1. The Morgan fingerprint density at radius 1 is 1.15 bits per heavy atom. The molecule has 1 aliphatic rings. The molecule has 0 radical (unpaired) electrons. The lowest BCUT2D eigenvalue weighted by Gasteiger charge is -2.12. The van der Waals surface area contributed by atoms with Gasteiger partial charge in [0.25, 0.3) is 0 Å². The molecule has 1 fully saturated rings. The summed E-state index contributed by atoms with van der Waals surface area (Å²) in [4.78, 5) is 12.1. The second-order valence-electron chi connectivity index (χ2n) is 6.47. The molecule has 0 spiro atoms. The third-order valence-electron chi connectivity index (χ3n) is 4.38. The fourth-order valence-electron chi connectivity index (χ4n) is 3.04. The van der Waals surface area contributed by atoms with Crippen LogP contribution in [0.5, 0.6) is 0 Å². The van der Waals surface area contributed by atoms with Crippen molar-refractivity contribution in [2.75, 3.05) is 0 Å². The molecule has 0 amide bonds. The molecule has 2 heterocycles. The van der Waals surface area contributed by atoms with Crippen LogP contribution in [-0.4, -0.2) is 32.1 Å². The fraction of sp³-hybridized carbons (Fsp3) is 0.250. The van der Waals surface area contributed by atoms with Gasteiger partial charge in [0.05, 0.1) is 6.54 Å². The minimum Gasteiger partial charge on any atom is -0.462 e. The average Bonchev–Trinajstić information content (AvgIpc) is 3.20. The van der Waals surface area contributed by atoms with Crippen LogP contribution in [0.3, 0.4) is 0 Å². The average molecular weight is 400 g/mol. The van der Waals surface area contributed by atoms with Crippen molar-refractivity contribution in [1.82, 2.24) is 14.8 Å². The summed E-state index contributed by atoms with van der Waals surface area (Å²) in [7, 11) is 0. The third kappa shape index (κ3) is 4.01. The SMILES string of the molecule is C[C@H]1C[C@H](Sc2nnc(-c3ccc(Cl)cc3)n2Cc2ccccc2)C(=O)O1. The van der Waals surface area contributed by atoms with Crippen LogP contribution < -0.4 is 0 Å². The van der Waals surface area contributed by atoms with E-state index >= 15 is 0 Å². The van der Waals surface area contributed by atoms with Gasteiger partial charge in [-0.15, -0.1) is 10.2 Å². The number of halogens is 1. The lowest BCUT2D eigenvalue weighted by atomic mass is 10.2. The van der Waals surface area contributed by atoms with Crippen molar-refractivity contribution >= 4 is 29.3 Å². The minimum atomic E-state index is -0.253. The van der Waals surface area contributed by atoms with Crippen LogP contribution in [0.1, 0.15) is 18.9 Å². The van der Waals surface area contributed by atoms with Gasteiger partial charge in [-0.1, -0.05) is 53.7 Å². The highest BCUT2D eigenvalue weighted by atomic mass is 35.5. The molecular formula is C20H18ClN3O2S. The maximum Gasteiger partial charge on any atom is 0.319 e. The van der Waals surface area contributed by atoms with Crippen molar-refractivity contribution in [2.24, 2.45) is 0 Å². The number of hydrogen-bond acceptors (Lipinski definition) is 5. The first-order chi connectivity index (χ1) is 13.1. The van der Waals surface area contributed by atoms with Gasteiger partial charge in [0, 0.05) is 17.0 Å². The van der Waals surface area contributed by atoms with Crippen molar-refractivity contribution in [2.45, 2.75) is 36.4 Å². The van der Waals surface area contributed by atoms with E-state index in [0.717, 1.165) is 17.0 Å². The number of carbonyl (C=O) groups is 1. The van der Waals surface area contributed by atoms with E-state index in [0.29, 0.717) is 23.1 Å². The Bertz CT molecular complexity index is 944. The molecule has 0 bridgehead atoms. The summed E-state index contributed by atoms with van der Waals surface area (Å²) in [6.45, 7) is 2.53. The first-order valence-electron chi connectivity index (χ1n) is 8.70. The Morgan fingerprint density at radius 3 is 2.56 bits per heavy atom. The third-order valence-corrected chi connectivity index (χ3v) is 5.81. The minimum absolute atomic E-state index is 0.0590. The zero-order valence-electron chi connectivity index (χ0n) is 14.7. The van der Waals surface area contributed by atoms with E-state index in [1.807, 2.05) is 54.0 Å². The number of ether oxygens (including phenoxy) is 1. The normalized spacial score (nSPS) is 19.3. The highest BCUT2D eigenvalue weighted by Crippen LogP contribution is 2.33. The summed E-state index contributed by atoms with van der Waals surface area (Å²) < 4.78 is 7.32. The second kappa shape index (κ2) is 7.74. The first kappa shape index (κ1) is 18.1. The predicted octanol–water partition coefficient (Wildman–Crippen LogP) is 4.44. The maximum absolute atomic E-state index is 12.1. The van der Waals surface area contributed by atoms with Crippen LogP contribution in [0, 0.1) is 0 Å². The van der Waals surface area contributed by atoms with Crippen LogP contribution in [-0.2, 0) is 16.1 Å². The number of hydrogen-bond donors (Lipinski definition) is 0. The van der Waals surface area contributed by atoms with Crippen LogP contribution in [0.4, 0.5) is 0 Å². The molecule has 2 aromatic carbocycles. The highest BCUT2D eigenvalue weighted by Gasteiger charge is 2.34. The molecule has 0 N–H and O–H groups in total. The molecule has 5 nitrogen and oxygen atoms in total. The van der Waals surface area contributed by atoms with Gasteiger partial charge in [0.1, 0.15) is 11.4 Å². The molecule has 0 aliphatic carbocycles. The molecule has 0 saturated carbocycles. The molecule has 3 aromatic rings. The number of benzene rings is 2. The lowest BCUT2D eigenvalue weighted by Crippen LogP contribution is -2.12. The monoisotopic (exact) mass is 399 g/mol. The van der Waals surface area contributed by atoms with Crippen LogP contribution in [0.25, 0.3) is 11.4 Å². The van der Waals surface area contributed by atoms with Crippen LogP contribution in [0.15, 0.2) is 59.8 Å². The Labute approximate surface area is 166 Å². The molecule has 138 valence electrons. The number of rotatable bonds is 5. The molecular weight excluding hydrogens is 382 g/mol. The zero-order chi connectivity index (χ0) is 18.8. The van der Waals surface area contributed by atoms with Crippen molar-refractivity contribution in [3.63, 3.8) is 0 Å². The van der Waals surface area contributed by atoms with Crippen LogP contribution >= 0.6 is 23.4 Å². The molecule has 27 heavy (non-hydrogen) atoms. The molecule has 4 rings (SSSR count). The Kier molecular flexibility index (Phi) is 5.18. The smallest absolute Gasteiger partial charge is 0.319 e. The van der Waals surface area contributed by atoms with Gasteiger partial charge in [-0.05, 0) is 36.8 Å². The van der Waals surface area contributed by atoms with Gasteiger partial charge in [0.2, 0.25) is 0 Å². The standard InChI is InChI=1S/C20H18ClN3O2S/c1-13-11-17(19(25)26-13)27-20-23-22-18(15-7-9-16(21)10-8-15)24(20)12-14-5-3-2-4-6-14/h2-10,13,17H,11-12H2,1H3/t13-,17-/m0/s1. The Morgan fingerprint density at radius 2 is 1.89 bits per heavy atom. The molecule has 1 aromatic heterocycles. The van der Waals surface area contributed by atoms with Gasteiger partial charge < -0.3 is 4.74 Å². The molecule has 1 aliphatic heterocycles. The molecule has 0 unspecified atom stereocenters. The summed E-state index contributed by atoms with van der Waals surface area (Å²) in [5.74, 6) is 0.562. The van der Waals surface area contributed by atoms with Gasteiger partial charge in [-0.3, -0.25) is 9.36 Å². The summed E-state index contributed by atoms with van der Waals surface area (Å²) in [5.41, 5.74) is 2.06. The van der Waals surface area contributed by atoms with Crippen molar-refractivity contribution in [1.29, 1.82) is 0 Å². The summed E-state index contributed by atoms with van der Waals surface area (Å²) in [6, 6.07) is 17.6. The molecule has 1 saturated heterocycles. The van der Waals surface area contributed by atoms with E-state index < -0.39 is 0 Å². The van der Waals surface area contributed by atoms with Gasteiger partial charge in [-0.25, -0.2) is 0 Å². The van der Waals surface area contributed by atoms with Crippen molar-refractivity contribution in [3.8, 4) is 11.4 Å². The first-order valence-corrected chi connectivity index (χ1v) is 9.96. The topological polar surface area (TPSA) is 57.0 Å². The number of thioether (sulfide) groups is 1. The summed E-state index contributed by atoms with van der Waals surface area (Å²) in [6.07, 6.45) is 0.620.